The van der Waals surface area contributed by atoms with E-state index in [-0.39, 0.29) is 23.8 Å². The summed E-state index contributed by atoms with van der Waals surface area (Å²) >= 11 is 0. The molecule has 0 aromatic heterocycles. The molecule has 0 atom stereocenters. The third kappa shape index (κ3) is 6.75. The van der Waals surface area contributed by atoms with Crippen molar-refractivity contribution in [1.29, 1.82) is 0 Å². The van der Waals surface area contributed by atoms with E-state index in [1.54, 1.807) is 30.4 Å². The van der Waals surface area contributed by atoms with E-state index in [0.717, 1.165) is 18.4 Å². The van der Waals surface area contributed by atoms with Gasteiger partial charge in [0.1, 0.15) is 12.4 Å². The minimum atomic E-state index is -3.34. The Morgan fingerprint density at radius 2 is 2.00 bits per heavy atom. The number of sulfone groups is 1. The predicted octanol–water partition coefficient (Wildman–Crippen LogP) is 2.67. The van der Waals surface area contributed by atoms with Crippen molar-refractivity contribution in [2.75, 3.05) is 31.2 Å². The Bertz CT molecular complexity index is 945. The lowest BCUT2D eigenvalue weighted by Gasteiger charge is -2.25. The second-order valence-electron chi connectivity index (χ2n) is 7.91. The number of rotatable bonds is 11. The van der Waals surface area contributed by atoms with E-state index in [9.17, 15) is 26.8 Å². The van der Waals surface area contributed by atoms with E-state index in [0.29, 0.717) is 25.3 Å². The molecule has 1 N–H and O–H groups in total. The first-order chi connectivity index (χ1) is 14.7. The zero-order valence-electron chi connectivity index (χ0n) is 17.1. The highest BCUT2D eigenvalue weighted by Crippen LogP contribution is 2.50. The number of nitrogens with one attached hydrogen (secondary N) is 1. The van der Waals surface area contributed by atoms with Gasteiger partial charge in [0.15, 0.2) is 9.84 Å². The molecule has 0 radical (unpaired) electrons. The molecule has 1 aliphatic heterocycles. The van der Waals surface area contributed by atoms with Crippen LogP contribution in [0.15, 0.2) is 36.4 Å². The molecule has 3 rings (SSSR count). The maximum absolute atomic E-state index is 12.6. The molecule has 170 valence electrons. The number of halogens is 2. The zero-order valence-corrected chi connectivity index (χ0v) is 17.9. The summed E-state index contributed by atoms with van der Waals surface area (Å²) < 4.78 is 55.0. The van der Waals surface area contributed by atoms with Crippen LogP contribution in [0.25, 0.3) is 0 Å². The maximum atomic E-state index is 12.6. The minimum Gasteiger partial charge on any atom is -0.488 e. The Labute approximate surface area is 180 Å². The molecule has 1 saturated heterocycles. The Morgan fingerprint density at radius 3 is 2.68 bits per heavy atom. The lowest BCUT2D eigenvalue weighted by Crippen LogP contribution is -2.49. The summed E-state index contributed by atoms with van der Waals surface area (Å²) in [7, 11) is -3.34. The van der Waals surface area contributed by atoms with Crippen LogP contribution in [-0.4, -0.2) is 62.9 Å². The molecule has 1 aromatic rings. The lowest BCUT2D eigenvalue weighted by molar-refractivity contribution is -0.121. The predicted molar refractivity (Wildman–Crippen MR) is 111 cm³/mol. The Balaban J connectivity index is 1.49. The number of urea groups is 1. The summed E-state index contributed by atoms with van der Waals surface area (Å²) in [4.78, 5) is 24.2. The molecule has 1 aromatic carbocycles. The largest absolute Gasteiger partial charge is 0.488 e. The quantitative estimate of drug-likeness (QED) is 0.517. The van der Waals surface area contributed by atoms with Gasteiger partial charge in [-0.2, -0.15) is 0 Å². The Hall–Kier alpha value is -2.49. The molecule has 1 aliphatic carbocycles. The first kappa shape index (κ1) is 23.2. The molecule has 2 aliphatic rings. The minimum absolute atomic E-state index is 0.00276. The van der Waals surface area contributed by atoms with E-state index in [4.69, 9.17) is 4.74 Å². The van der Waals surface area contributed by atoms with Gasteiger partial charge in [0, 0.05) is 24.9 Å². The highest BCUT2D eigenvalue weighted by atomic mass is 32.2. The third-order valence-electron chi connectivity index (χ3n) is 5.40. The Kier molecular flexibility index (Phi) is 7.30. The zero-order chi connectivity index (χ0) is 22.5. The smallest absolute Gasteiger partial charge is 0.324 e. The number of nitrogens with zero attached hydrogens (tertiary/aromatic N) is 1. The molecule has 0 bridgehead atoms. The summed E-state index contributed by atoms with van der Waals surface area (Å²) in [5.41, 5.74) is 0.314. The van der Waals surface area contributed by atoms with Gasteiger partial charge in [-0.3, -0.25) is 10.1 Å². The first-order valence-corrected chi connectivity index (χ1v) is 12.0. The number of allylic oxidation sites excluding steroid dienone is 1. The van der Waals surface area contributed by atoms with Crippen LogP contribution in [-0.2, 0) is 20.0 Å². The van der Waals surface area contributed by atoms with E-state index < -0.39 is 34.3 Å². The van der Waals surface area contributed by atoms with Crippen LogP contribution in [0.4, 0.5) is 13.6 Å². The van der Waals surface area contributed by atoms with Crippen LogP contribution in [0.1, 0.15) is 31.2 Å². The van der Waals surface area contributed by atoms with Crippen LogP contribution in [0.2, 0.25) is 0 Å². The van der Waals surface area contributed by atoms with Crippen LogP contribution in [0, 0.1) is 0 Å². The van der Waals surface area contributed by atoms with Gasteiger partial charge in [-0.05, 0) is 37.0 Å². The van der Waals surface area contributed by atoms with Crippen molar-refractivity contribution >= 4 is 21.8 Å². The maximum Gasteiger partial charge on any atom is 0.324 e. The summed E-state index contributed by atoms with van der Waals surface area (Å²) in [6.07, 6.45) is 2.90. The molecule has 7 nitrogen and oxygen atoms in total. The molecule has 3 amide bonds. The van der Waals surface area contributed by atoms with Gasteiger partial charge in [0.25, 0.3) is 6.43 Å². The van der Waals surface area contributed by atoms with E-state index in [1.165, 1.54) is 4.90 Å². The normalized spacial score (nSPS) is 18.5. The standard InChI is InChI=1S/C21H26F2N2O5S/c22-18(23)14-30-17-6-4-5-16(13-17)21(8-9-21)15-31(28,29)12-3-1-2-10-25-11-7-19(26)24-20(25)27/h1-2,4-6,13,18H,3,7-12,14-15H2,(H,24,26,27)/b2-1+. The fourth-order valence-electron chi connectivity index (χ4n) is 3.58. The summed E-state index contributed by atoms with van der Waals surface area (Å²) in [6.45, 7) is -0.0408. The summed E-state index contributed by atoms with van der Waals surface area (Å²) in [5.74, 6) is 0.00427. The molecular formula is C21H26F2N2O5S. The number of carbonyl (C=O) groups excluding carboxylic acids is 2. The van der Waals surface area contributed by atoms with Crippen LogP contribution < -0.4 is 10.1 Å². The van der Waals surface area contributed by atoms with Crippen LogP contribution in [0.5, 0.6) is 5.75 Å². The molecule has 1 saturated carbocycles. The van der Waals surface area contributed by atoms with Gasteiger partial charge in [-0.1, -0.05) is 24.3 Å². The summed E-state index contributed by atoms with van der Waals surface area (Å²) in [5, 5.41) is 2.23. The van der Waals surface area contributed by atoms with Crippen molar-refractivity contribution in [3.8, 4) is 5.75 Å². The number of amides is 3. The number of benzene rings is 1. The van der Waals surface area contributed by atoms with Gasteiger partial charge in [0.2, 0.25) is 5.91 Å². The fraction of sp³-hybridized carbons (Fsp3) is 0.524. The van der Waals surface area contributed by atoms with Crippen molar-refractivity contribution in [2.24, 2.45) is 0 Å². The Morgan fingerprint density at radius 1 is 1.23 bits per heavy atom. The van der Waals surface area contributed by atoms with Crippen molar-refractivity contribution in [1.82, 2.24) is 10.2 Å². The van der Waals surface area contributed by atoms with Gasteiger partial charge in [0.05, 0.1) is 11.5 Å². The van der Waals surface area contributed by atoms with E-state index >= 15 is 0 Å². The van der Waals surface area contributed by atoms with Crippen molar-refractivity contribution in [3.63, 3.8) is 0 Å². The molecule has 31 heavy (non-hydrogen) atoms. The van der Waals surface area contributed by atoms with E-state index in [1.807, 2.05) is 6.07 Å². The number of hydrogen-bond acceptors (Lipinski definition) is 5. The molecule has 0 spiro atoms. The number of carbonyl (C=O) groups is 2. The van der Waals surface area contributed by atoms with Crippen molar-refractivity contribution in [2.45, 2.75) is 37.5 Å². The summed E-state index contributed by atoms with van der Waals surface area (Å²) in [6, 6.07) is 6.30. The molecular weight excluding hydrogens is 430 g/mol. The SMILES string of the molecule is O=C1CCN(C/C=C/CCS(=O)(=O)CC2(c3cccc(OCC(F)F)c3)CC2)C(=O)N1. The topological polar surface area (TPSA) is 92.8 Å². The average Bonchev–Trinajstić information content (AvgIpc) is 3.48. The highest BCUT2D eigenvalue weighted by Gasteiger charge is 2.47. The van der Waals surface area contributed by atoms with E-state index in [2.05, 4.69) is 5.32 Å². The second-order valence-corrected chi connectivity index (χ2v) is 10.1. The van der Waals surface area contributed by atoms with Crippen molar-refractivity contribution in [3.05, 3.63) is 42.0 Å². The fourth-order valence-corrected chi connectivity index (χ4v) is 5.51. The van der Waals surface area contributed by atoms with Gasteiger partial charge < -0.3 is 9.64 Å². The second kappa shape index (κ2) is 9.76. The molecule has 1 heterocycles. The molecule has 0 unspecified atom stereocenters. The number of alkyl halides is 2. The third-order valence-corrected chi connectivity index (χ3v) is 7.25. The van der Waals surface area contributed by atoms with Gasteiger partial charge >= 0.3 is 6.03 Å². The average molecular weight is 457 g/mol. The molecule has 2 fully saturated rings. The number of hydrogen-bond donors (Lipinski definition) is 1. The highest BCUT2D eigenvalue weighted by molar-refractivity contribution is 7.91. The number of imide groups is 1. The van der Waals surface area contributed by atoms with Crippen LogP contribution in [0.3, 0.4) is 0 Å². The van der Waals surface area contributed by atoms with Gasteiger partial charge in [-0.15, -0.1) is 0 Å². The molecule has 10 heteroatoms. The lowest BCUT2D eigenvalue weighted by atomic mass is 9.98. The van der Waals surface area contributed by atoms with Crippen molar-refractivity contribution < 1.29 is 31.5 Å². The van der Waals surface area contributed by atoms with Gasteiger partial charge in [-0.25, -0.2) is 22.0 Å². The monoisotopic (exact) mass is 456 g/mol. The number of ether oxygens (including phenoxy) is 1. The first-order valence-electron chi connectivity index (χ1n) is 10.1. The van der Waals surface area contributed by atoms with Crippen LogP contribution >= 0.6 is 0 Å².